The zero-order valence-corrected chi connectivity index (χ0v) is 15.5. The van der Waals surface area contributed by atoms with Crippen LogP contribution in [0.1, 0.15) is 40.2 Å². The predicted molar refractivity (Wildman–Crippen MR) is 96.4 cm³/mol. The largest absolute Gasteiger partial charge is 0.467 e. The molecule has 0 saturated carbocycles. The summed E-state index contributed by atoms with van der Waals surface area (Å²) < 4.78 is 85.4. The Morgan fingerprint density at radius 3 is 2.58 bits per heavy atom. The number of nitrogens with zero attached hydrogens (tertiary/aromatic N) is 2. The Hall–Kier alpha value is -3.44. The number of carbonyl (C=O) groups is 1. The number of benzene rings is 1. The molecule has 1 aliphatic rings. The first kappa shape index (κ1) is 20.8. The molecular formula is C19H14F6N4O2. The van der Waals surface area contributed by atoms with E-state index in [9.17, 15) is 31.1 Å². The van der Waals surface area contributed by atoms with E-state index in [2.05, 4.69) is 15.7 Å². The van der Waals surface area contributed by atoms with Crippen molar-refractivity contribution in [3.63, 3.8) is 0 Å². The molecule has 0 bridgehead atoms. The lowest BCUT2D eigenvalue weighted by molar-refractivity contribution is -0.174. The SMILES string of the molecule is O=C(Nc1cccc(C(F)(F)F)c1)c1cnn2c1N[C@H](c1ccco1)C[C@@H]2C(F)(F)F. The van der Waals surface area contributed by atoms with E-state index in [1.807, 2.05) is 0 Å². The minimum absolute atomic E-state index is 0.162. The van der Waals surface area contributed by atoms with Crippen molar-refractivity contribution in [2.45, 2.75) is 30.9 Å². The quantitative estimate of drug-likeness (QED) is 0.530. The second kappa shape index (κ2) is 7.36. The number of furan rings is 1. The van der Waals surface area contributed by atoms with Crippen LogP contribution in [0.25, 0.3) is 0 Å². The summed E-state index contributed by atoms with van der Waals surface area (Å²) in [5.41, 5.74) is -1.39. The topological polar surface area (TPSA) is 72.1 Å². The van der Waals surface area contributed by atoms with E-state index in [0.29, 0.717) is 4.68 Å². The highest BCUT2D eigenvalue weighted by atomic mass is 19.4. The van der Waals surface area contributed by atoms with E-state index >= 15 is 0 Å². The van der Waals surface area contributed by atoms with Crippen molar-refractivity contribution in [3.05, 3.63) is 65.7 Å². The van der Waals surface area contributed by atoms with Gasteiger partial charge in [-0.05, 0) is 30.3 Å². The molecule has 2 atom stereocenters. The van der Waals surface area contributed by atoms with Crippen LogP contribution in [0.4, 0.5) is 37.8 Å². The summed E-state index contributed by atoms with van der Waals surface area (Å²) in [6.45, 7) is 0. The van der Waals surface area contributed by atoms with Gasteiger partial charge < -0.3 is 15.1 Å². The molecule has 0 fully saturated rings. The van der Waals surface area contributed by atoms with Crippen LogP contribution in [-0.2, 0) is 6.18 Å². The maximum atomic E-state index is 13.6. The van der Waals surface area contributed by atoms with Crippen LogP contribution in [0.3, 0.4) is 0 Å². The number of carbonyl (C=O) groups excluding carboxylic acids is 1. The van der Waals surface area contributed by atoms with Gasteiger partial charge in [0.15, 0.2) is 6.04 Å². The Morgan fingerprint density at radius 1 is 1.16 bits per heavy atom. The van der Waals surface area contributed by atoms with E-state index in [1.165, 1.54) is 24.5 Å². The molecule has 1 aliphatic heterocycles. The lowest BCUT2D eigenvalue weighted by Crippen LogP contribution is -2.36. The molecule has 164 valence electrons. The smallest absolute Gasteiger partial charge is 0.416 e. The third-order valence-corrected chi connectivity index (χ3v) is 4.82. The summed E-state index contributed by atoms with van der Waals surface area (Å²) in [5, 5.41) is 8.79. The average Bonchev–Trinajstić information content (AvgIpc) is 3.36. The molecule has 12 heteroatoms. The van der Waals surface area contributed by atoms with Gasteiger partial charge in [0, 0.05) is 12.1 Å². The lowest BCUT2D eigenvalue weighted by atomic mass is 10.0. The maximum absolute atomic E-state index is 13.6. The van der Waals surface area contributed by atoms with Gasteiger partial charge in [-0.3, -0.25) is 4.79 Å². The van der Waals surface area contributed by atoms with Crippen molar-refractivity contribution < 1.29 is 35.6 Å². The molecule has 0 saturated heterocycles. The fourth-order valence-electron chi connectivity index (χ4n) is 3.38. The summed E-state index contributed by atoms with van der Waals surface area (Å²) >= 11 is 0. The zero-order chi connectivity index (χ0) is 22.4. The van der Waals surface area contributed by atoms with E-state index in [1.54, 1.807) is 0 Å². The third-order valence-electron chi connectivity index (χ3n) is 4.82. The fraction of sp³-hybridized carbons (Fsp3) is 0.263. The van der Waals surface area contributed by atoms with E-state index in [0.717, 1.165) is 24.4 Å². The normalized spacial score (nSPS) is 18.9. The Labute approximate surface area is 170 Å². The molecule has 3 aromatic rings. The summed E-state index contributed by atoms with van der Waals surface area (Å²) in [7, 11) is 0. The first-order valence-corrected chi connectivity index (χ1v) is 8.97. The monoisotopic (exact) mass is 444 g/mol. The lowest BCUT2D eigenvalue weighted by Gasteiger charge is -2.32. The third kappa shape index (κ3) is 4.09. The Balaban J connectivity index is 1.66. The van der Waals surface area contributed by atoms with Gasteiger partial charge in [-0.1, -0.05) is 6.07 Å². The number of halogens is 6. The number of anilines is 2. The molecule has 4 rings (SSSR count). The molecule has 1 amide bonds. The second-order valence-corrected chi connectivity index (χ2v) is 6.89. The molecule has 2 aromatic heterocycles. The molecule has 0 aliphatic carbocycles. The Morgan fingerprint density at radius 2 is 1.94 bits per heavy atom. The zero-order valence-electron chi connectivity index (χ0n) is 15.5. The van der Waals surface area contributed by atoms with Crippen LogP contribution in [0, 0.1) is 0 Å². The van der Waals surface area contributed by atoms with Gasteiger partial charge in [0.05, 0.1) is 24.1 Å². The summed E-state index contributed by atoms with van der Waals surface area (Å²) in [6.07, 6.45) is -7.43. The van der Waals surface area contributed by atoms with Gasteiger partial charge >= 0.3 is 12.4 Å². The molecule has 6 nitrogen and oxygen atoms in total. The number of hydrogen-bond donors (Lipinski definition) is 2. The number of fused-ring (bicyclic) bond motifs is 1. The molecule has 0 spiro atoms. The van der Waals surface area contributed by atoms with E-state index < -0.39 is 42.3 Å². The fourth-order valence-corrected chi connectivity index (χ4v) is 3.38. The number of aromatic nitrogens is 2. The Kier molecular flexibility index (Phi) is 4.94. The van der Waals surface area contributed by atoms with Crippen molar-refractivity contribution >= 4 is 17.4 Å². The number of rotatable bonds is 3. The van der Waals surface area contributed by atoms with Gasteiger partial charge in [-0.2, -0.15) is 31.4 Å². The maximum Gasteiger partial charge on any atom is 0.416 e. The van der Waals surface area contributed by atoms with Crippen LogP contribution in [0.5, 0.6) is 0 Å². The molecule has 31 heavy (non-hydrogen) atoms. The predicted octanol–water partition coefficient (Wildman–Crippen LogP) is 5.41. The summed E-state index contributed by atoms with van der Waals surface area (Å²) in [6, 6.07) is 4.02. The standard InChI is InChI=1S/C19H14F6N4O2/c20-18(21,22)10-3-1-4-11(7-10)27-17(30)12-9-26-29-15(19(23,24)25)8-13(28-16(12)29)14-5-2-6-31-14/h1-7,9,13,15,28H,8H2,(H,27,30)/t13-,15+/m0/s1. The van der Waals surface area contributed by atoms with Crippen LogP contribution >= 0.6 is 0 Å². The molecule has 3 heterocycles. The molecule has 0 radical (unpaired) electrons. The number of alkyl halides is 6. The highest BCUT2D eigenvalue weighted by molar-refractivity contribution is 6.07. The van der Waals surface area contributed by atoms with Crippen LogP contribution in [0.2, 0.25) is 0 Å². The van der Waals surface area contributed by atoms with Gasteiger partial charge in [0.1, 0.15) is 17.1 Å². The van der Waals surface area contributed by atoms with Crippen molar-refractivity contribution in [2.75, 3.05) is 10.6 Å². The Bertz CT molecular complexity index is 1090. The van der Waals surface area contributed by atoms with E-state index in [-0.39, 0.29) is 22.8 Å². The minimum Gasteiger partial charge on any atom is -0.467 e. The van der Waals surface area contributed by atoms with Crippen molar-refractivity contribution in [3.8, 4) is 0 Å². The van der Waals surface area contributed by atoms with E-state index in [4.69, 9.17) is 4.42 Å². The highest BCUT2D eigenvalue weighted by Gasteiger charge is 2.47. The number of nitrogens with one attached hydrogen (secondary N) is 2. The van der Waals surface area contributed by atoms with Crippen molar-refractivity contribution in [1.29, 1.82) is 0 Å². The molecule has 1 aromatic carbocycles. The van der Waals surface area contributed by atoms with Gasteiger partial charge in [0.25, 0.3) is 5.91 Å². The molecular weight excluding hydrogens is 430 g/mol. The van der Waals surface area contributed by atoms with Crippen molar-refractivity contribution in [2.24, 2.45) is 0 Å². The molecule has 0 unspecified atom stereocenters. The van der Waals surface area contributed by atoms with Crippen LogP contribution < -0.4 is 10.6 Å². The van der Waals surface area contributed by atoms with Gasteiger partial charge in [-0.15, -0.1) is 0 Å². The van der Waals surface area contributed by atoms with Gasteiger partial charge in [0.2, 0.25) is 0 Å². The average molecular weight is 444 g/mol. The van der Waals surface area contributed by atoms with Gasteiger partial charge in [-0.25, -0.2) is 4.68 Å². The van der Waals surface area contributed by atoms with Crippen LogP contribution in [0.15, 0.2) is 53.3 Å². The highest BCUT2D eigenvalue weighted by Crippen LogP contribution is 2.44. The first-order chi connectivity index (χ1) is 14.5. The van der Waals surface area contributed by atoms with Crippen LogP contribution in [-0.4, -0.2) is 21.9 Å². The number of hydrogen-bond acceptors (Lipinski definition) is 4. The summed E-state index contributed by atoms with van der Waals surface area (Å²) in [4.78, 5) is 12.7. The minimum atomic E-state index is -4.65. The number of amides is 1. The molecule has 2 N–H and O–H groups in total. The summed E-state index contributed by atoms with van der Waals surface area (Å²) in [5.74, 6) is -0.875. The first-order valence-electron chi connectivity index (χ1n) is 8.97. The van der Waals surface area contributed by atoms with Crippen molar-refractivity contribution in [1.82, 2.24) is 9.78 Å². The second-order valence-electron chi connectivity index (χ2n) is 6.89.